The molecule has 1 aliphatic rings. The molecule has 1 fully saturated rings. The molecule has 168 valence electrons. The average Bonchev–Trinajstić information content (AvgIpc) is 3.22. The van der Waals surface area contributed by atoms with Gasteiger partial charge in [-0.2, -0.15) is 4.31 Å². The van der Waals surface area contributed by atoms with Crippen LogP contribution in [0.15, 0.2) is 53.4 Å². The third-order valence-electron chi connectivity index (χ3n) is 5.46. The largest absolute Gasteiger partial charge is 0.486 e. The van der Waals surface area contributed by atoms with Gasteiger partial charge in [-0.25, -0.2) is 18.9 Å². The standard InChI is InChI=1S/C21H21N3O6S2/c1-21(20(26)23-27)18(25)7-4-12-24(21)32(28,29)15-10-8-14(9-11-15)30-13-19-22-16-5-2-3-6-17(16)31-19/h2-3,5-6,8-11,27H,4,7,12-13H2,1H3,(H,23,26)/t21-/m1/s1. The fraction of sp³-hybridized carbons (Fsp3) is 0.286. The number of hydrogen-bond donors (Lipinski definition) is 2. The number of sulfonamides is 1. The Hall–Kier alpha value is -2.86. The van der Waals surface area contributed by atoms with E-state index in [1.165, 1.54) is 48.0 Å². The van der Waals surface area contributed by atoms with Crippen LogP contribution in [-0.4, -0.2) is 46.7 Å². The van der Waals surface area contributed by atoms with Crippen LogP contribution in [0.2, 0.25) is 0 Å². The molecule has 0 radical (unpaired) electrons. The van der Waals surface area contributed by atoms with Crippen LogP contribution in [0, 0.1) is 0 Å². The van der Waals surface area contributed by atoms with Crippen LogP contribution >= 0.6 is 11.3 Å². The lowest BCUT2D eigenvalue weighted by Crippen LogP contribution is -2.65. The second-order valence-electron chi connectivity index (χ2n) is 7.45. The topological polar surface area (TPSA) is 126 Å². The highest BCUT2D eigenvalue weighted by atomic mass is 32.2. The number of fused-ring (bicyclic) bond motifs is 1. The van der Waals surface area contributed by atoms with Crippen molar-refractivity contribution in [1.29, 1.82) is 0 Å². The summed E-state index contributed by atoms with van der Waals surface area (Å²) in [6.07, 6.45) is 0.338. The van der Waals surface area contributed by atoms with Crippen molar-refractivity contribution < 1.29 is 28.0 Å². The van der Waals surface area contributed by atoms with Gasteiger partial charge >= 0.3 is 0 Å². The summed E-state index contributed by atoms with van der Waals surface area (Å²) in [5, 5.41) is 9.86. The Balaban J connectivity index is 1.53. The number of carbonyl (C=O) groups excluding carboxylic acids is 2. The minimum absolute atomic E-state index is 0.0200. The number of amides is 1. The zero-order valence-corrected chi connectivity index (χ0v) is 18.8. The molecule has 1 aromatic heterocycles. The first-order chi connectivity index (χ1) is 15.3. The molecule has 9 nitrogen and oxygen atoms in total. The van der Waals surface area contributed by atoms with Crippen molar-refractivity contribution in [2.75, 3.05) is 6.54 Å². The smallest absolute Gasteiger partial charge is 0.272 e. The Labute approximate surface area is 188 Å². The summed E-state index contributed by atoms with van der Waals surface area (Å²) in [5.74, 6) is -1.20. The molecule has 0 bridgehead atoms. The second kappa shape index (κ2) is 8.58. The van der Waals surface area contributed by atoms with Gasteiger partial charge in [0, 0.05) is 13.0 Å². The highest BCUT2D eigenvalue weighted by molar-refractivity contribution is 7.89. The van der Waals surface area contributed by atoms with Crippen molar-refractivity contribution in [1.82, 2.24) is 14.8 Å². The zero-order chi connectivity index (χ0) is 22.9. The number of nitrogens with one attached hydrogen (secondary N) is 1. The van der Waals surface area contributed by atoms with Crippen molar-refractivity contribution in [3.05, 3.63) is 53.5 Å². The normalized spacial score (nSPS) is 19.8. The number of carbonyl (C=O) groups is 2. The Morgan fingerprint density at radius 1 is 1.25 bits per heavy atom. The van der Waals surface area contributed by atoms with Gasteiger partial charge in [-0.15, -0.1) is 11.3 Å². The van der Waals surface area contributed by atoms with E-state index in [0.29, 0.717) is 5.75 Å². The molecule has 11 heteroatoms. The third-order valence-corrected chi connectivity index (χ3v) is 8.47. The molecule has 0 unspecified atom stereocenters. The second-order valence-corrected chi connectivity index (χ2v) is 10.4. The van der Waals surface area contributed by atoms with Gasteiger partial charge < -0.3 is 4.74 Å². The van der Waals surface area contributed by atoms with Gasteiger partial charge in [0.25, 0.3) is 5.91 Å². The molecule has 0 spiro atoms. The van der Waals surface area contributed by atoms with E-state index in [0.717, 1.165) is 19.5 Å². The first-order valence-electron chi connectivity index (χ1n) is 9.85. The maximum Gasteiger partial charge on any atom is 0.272 e. The number of hydrogen-bond acceptors (Lipinski definition) is 8. The molecular weight excluding hydrogens is 454 g/mol. The summed E-state index contributed by atoms with van der Waals surface area (Å²) in [6, 6.07) is 13.5. The Morgan fingerprint density at radius 2 is 1.97 bits per heavy atom. The van der Waals surface area contributed by atoms with Gasteiger partial charge in [0.1, 0.15) is 17.4 Å². The van der Waals surface area contributed by atoms with Crippen LogP contribution in [-0.2, 0) is 26.2 Å². The minimum atomic E-state index is -4.18. The van der Waals surface area contributed by atoms with Crippen molar-refractivity contribution in [2.45, 2.75) is 36.8 Å². The number of aromatic nitrogens is 1. The monoisotopic (exact) mass is 475 g/mol. The lowest BCUT2D eigenvalue weighted by Gasteiger charge is -2.40. The number of rotatable bonds is 6. The van der Waals surface area contributed by atoms with Crippen LogP contribution < -0.4 is 10.2 Å². The van der Waals surface area contributed by atoms with E-state index in [1.807, 2.05) is 24.3 Å². The molecule has 2 aromatic carbocycles. The average molecular weight is 476 g/mol. The number of nitrogens with zero attached hydrogens (tertiary/aromatic N) is 2. The molecule has 32 heavy (non-hydrogen) atoms. The van der Waals surface area contributed by atoms with Crippen molar-refractivity contribution >= 4 is 43.3 Å². The number of hydroxylamine groups is 1. The lowest BCUT2D eigenvalue weighted by atomic mass is 9.89. The minimum Gasteiger partial charge on any atom is -0.486 e. The fourth-order valence-electron chi connectivity index (χ4n) is 3.66. The molecule has 4 rings (SSSR count). The number of piperidine rings is 1. The fourth-order valence-corrected chi connectivity index (χ4v) is 6.31. The van der Waals surface area contributed by atoms with Crippen LogP contribution in [0.25, 0.3) is 10.2 Å². The zero-order valence-electron chi connectivity index (χ0n) is 17.1. The highest BCUT2D eigenvalue weighted by Gasteiger charge is 2.53. The number of benzene rings is 2. The Kier molecular flexibility index (Phi) is 5.99. The maximum absolute atomic E-state index is 13.2. The molecule has 2 heterocycles. The van der Waals surface area contributed by atoms with Crippen molar-refractivity contribution in [3.8, 4) is 5.75 Å². The Bertz CT molecular complexity index is 1230. The lowest BCUT2D eigenvalue weighted by molar-refractivity contribution is -0.148. The van der Waals surface area contributed by atoms with Gasteiger partial charge in [-0.05, 0) is 49.7 Å². The van der Waals surface area contributed by atoms with E-state index in [1.54, 1.807) is 0 Å². The van der Waals surface area contributed by atoms with E-state index in [9.17, 15) is 18.0 Å². The van der Waals surface area contributed by atoms with Gasteiger partial charge in [-0.1, -0.05) is 12.1 Å². The first-order valence-corrected chi connectivity index (χ1v) is 12.1. The number of ether oxygens (including phenoxy) is 1. The third kappa shape index (κ3) is 3.88. The van der Waals surface area contributed by atoms with E-state index in [4.69, 9.17) is 9.94 Å². The number of para-hydroxylation sites is 1. The molecule has 1 amide bonds. The van der Waals surface area contributed by atoms with Crippen molar-refractivity contribution in [3.63, 3.8) is 0 Å². The van der Waals surface area contributed by atoms with E-state index < -0.39 is 27.3 Å². The van der Waals surface area contributed by atoms with Gasteiger partial charge in [0.05, 0.1) is 15.1 Å². The summed E-state index contributed by atoms with van der Waals surface area (Å²) >= 11 is 1.52. The highest BCUT2D eigenvalue weighted by Crippen LogP contribution is 2.32. The molecule has 3 aromatic rings. The predicted octanol–water partition coefficient (Wildman–Crippen LogP) is 2.49. The molecule has 0 saturated carbocycles. The van der Waals surface area contributed by atoms with Crippen LogP contribution in [0.4, 0.5) is 0 Å². The molecular formula is C21H21N3O6S2. The molecule has 1 saturated heterocycles. The quantitative estimate of drug-likeness (QED) is 0.319. The summed E-state index contributed by atoms with van der Waals surface area (Å²) in [4.78, 5) is 29.1. The number of thiazole rings is 1. The van der Waals surface area contributed by atoms with Gasteiger partial charge in [0.2, 0.25) is 10.0 Å². The predicted molar refractivity (Wildman–Crippen MR) is 117 cm³/mol. The molecule has 1 atom stereocenters. The summed E-state index contributed by atoms with van der Waals surface area (Å²) in [7, 11) is -4.18. The summed E-state index contributed by atoms with van der Waals surface area (Å²) in [6.45, 7) is 1.42. The van der Waals surface area contributed by atoms with E-state index >= 15 is 0 Å². The maximum atomic E-state index is 13.2. The van der Waals surface area contributed by atoms with Crippen molar-refractivity contribution in [2.24, 2.45) is 0 Å². The van der Waals surface area contributed by atoms with Gasteiger partial charge in [-0.3, -0.25) is 14.8 Å². The summed E-state index contributed by atoms with van der Waals surface area (Å²) in [5.41, 5.74) is 0.291. The summed E-state index contributed by atoms with van der Waals surface area (Å²) < 4.78 is 34.1. The molecule has 1 aliphatic heterocycles. The van der Waals surface area contributed by atoms with E-state index in [-0.39, 0.29) is 30.9 Å². The molecule has 2 N–H and O–H groups in total. The first kappa shape index (κ1) is 22.3. The van der Waals surface area contributed by atoms with Crippen LogP contribution in [0.3, 0.4) is 0 Å². The van der Waals surface area contributed by atoms with Crippen LogP contribution in [0.5, 0.6) is 5.75 Å². The SMILES string of the molecule is C[C@]1(C(=O)NO)C(=O)CCCN1S(=O)(=O)c1ccc(OCc2nc3ccccc3s2)cc1. The molecule has 0 aliphatic carbocycles. The van der Waals surface area contributed by atoms with Crippen LogP contribution in [0.1, 0.15) is 24.8 Å². The number of ketones is 1. The van der Waals surface area contributed by atoms with Gasteiger partial charge in [0.15, 0.2) is 11.3 Å². The Morgan fingerprint density at radius 3 is 2.66 bits per heavy atom. The number of Topliss-reactive ketones (excluding diaryl/α,β-unsaturated/α-hetero) is 1. The van der Waals surface area contributed by atoms with E-state index in [2.05, 4.69) is 4.98 Å².